The van der Waals surface area contributed by atoms with Crippen LogP contribution in [-0.2, 0) is 27.2 Å². The van der Waals surface area contributed by atoms with Gasteiger partial charge < -0.3 is 37.2 Å². The number of imidazole rings is 2. The van der Waals surface area contributed by atoms with Gasteiger partial charge in [-0.05, 0) is 87.4 Å². The number of fused-ring (bicyclic) bond motifs is 4. The summed E-state index contributed by atoms with van der Waals surface area (Å²) in [7, 11) is 3.66. The summed E-state index contributed by atoms with van der Waals surface area (Å²) in [4.78, 5) is 64.6. The van der Waals surface area contributed by atoms with Crippen molar-refractivity contribution in [3.63, 3.8) is 0 Å². The van der Waals surface area contributed by atoms with Crippen LogP contribution in [0, 0.1) is 25.5 Å². The van der Waals surface area contributed by atoms with E-state index in [9.17, 15) is 28.0 Å². The van der Waals surface area contributed by atoms with Gasteiger partial charge in [-0.2, -0.15) is 0 Å². The van der Waals surface area contributed by atoms with Crippen molar-refractivity contribution < 1.29 is 18.4 Å². The van der Waals surface area contributed by atoms with E-state index in [1.165, 1.54) is 21.3 Å². The number of carbonyl (C=O) groups is 2. The topological polar surface area (TPSA) is 130 Å². The van der Waals surface area contributed by atoms with Crippen molar-refractivity contribution in [1.82, 2.24) is 47.2 Å². The van der Waals surface area contributed by atoms with Crippen LogP contribution < -0.4 is 11.1 Å². The fourth-order valence-electron chi connectivity index (χ4n) is 8.92. The van der Waals surface area contributed by atoms with Gasteiger partial charge in [0.25, 0.3) is 22.9 Å². The SMILES string of the molecule is C.C.Cc1cn(-c2ccc3n(c2=O)CCN(C(C)c2cn(C)c4cc(F)c(Cl)cc24)C3=O)cn1.Cc1cn(-c2ccc3n(c2=O)CCN(C(C)c2cn(C)c4cc(F)c(Cl)cc24)C3=O)cn1. The van der Waals surface area contributed by atoms with Crippen LogP contribution in [0.5, 0.6) is 0 Å². The Bertz CT molecular complexity index is 3120. The van der Waals surface area contributed by atoms with Crippen LogP contribution in [0.1, 0.15) is 84.3 Å². The molecule has 2 aliphatic heterocycles. The van der Waals surface area contributed by atoms with Crippen LogP contribution >= 0.6 is 23.2 Å². The van der Waals surface area contributed by atoms with E-state index in [4.69, 9.17) is 23.2 Å². The quantitative estimate of drug-likeness (QED) is 0.164. The first kappa shape index (κ1) is 47.2. The van der Waals surface area contributed by atoms with Gasteiger partial charge in [-0.3, -0.25) is 19.2 Å². The van der Waals surface area contributed by atoms with E-state index in [1.807, 2.05) is 63.3 Å². The second-order valence-corrected chi connectivity index (χ2v) is 17.1. The summed E-state index contributed by atoms with van der Waals surface area (Å²) in [5.41, 5.74) is 5.90. The largest absolute Gasteiger partial charge is 0.350 e. The summed E-state index contributed by atoms with van der Waals surface area (Å²) in [5.74, 6) is -1.41. The summed E-state index contributed by atoms with van der Waals surface area (Å²) >= 11 is 12.1. The second kappa shape index (κ2) is 17.9. The van der Waals surface area contributed by atoms with Crippen molar-refractivity contribution in [1.29, 1.82) is 0 Å². The number of carbonyl (C=O) groups excluding carboxylic acids is 2. The molecule has 66 heavy (non-hydrogen) atoms. The lowest BCUT2D eigenvalue weighted by Crippen LogP contribution is -2.45. The van der Waals surface area contributed by atoms with Crippen LogP contribution in [0.2, 0.25) is 10.0 Å². The number of hydrogen-bond donors (Lipinski definition) is 0. The van der Waals surface area contributed by atoms with Gasteiger partial charge in [0.15, 0.2) is 0 Å². The molecular formula is C48H50Cl2F2N10O4. The Balaban J connectivity index is 0.000000191. The molecular weight excluding hydrogens is 889 g/mol. The predicted octanol–water partition coefficient (Wildman–Crippen LogP) is 8.96. The van der Waals surface area contributed by atoms with Crippen molar-refractivity contribution in [3.8, 4) is 11.4 Å². The lowest BCUT2D eigenvalue weighted by Gasteiger charge is -2.34. The summed E-state index contributed by atoms with van der Waals surface area (Å²) in [6, 6.07) is 12.1. The maximum absolute atomic E-state index is 14.0. The monoisotopic (exact) mass is 938 g/mol. The Labute approximate surface area is 389 Å². The molecule has 10 rings (SSSR count). The maximum atomic E-state index is 14.0. The van der Waals surface area contributed by atoms with Gasteiger partial charge in [-0.1, -0.05) is 38.1 Å². The molecule has 6 aromatic heterocycles. The molecule has 0 N–H and O–H groups in total. The molecule has 0 saturated heterocycles. The molecule has 0 spiro atoms. The van der Waals surface area contributed by atoms with E-state index in [0.29, 0.717) is 60.0 Å². The van der Waals surface area contributed by atoms with Crippen molar-refractivity contribution in [2.75, 3.05) is 13.1 Å². The minimum absolute atomic E-state index is 0. The highest BCUT2D eigenvalue weighted by atomic mass is 35.5. The second-order valence-electron chi connectivity index (χ2n) is 16.3. The van der Waals surface area contributed by atoms with Crippen molar-refractivity contribution in [2.24, 2.45) is 14.1 Å². The third-order valence-corrected chi connectivity index (χ3v) is 12.9. The van der Waals surface area contributed by atoms with Gasteiger partial charge in [0.05, 0.1) is 57.2 Å². The highest BCUT2D eigenvalue weighted by molar-refractivity contribution is 6.32. The van der Waals surface area contributed by atoms with Gasteiger partial charge in [0, 0.05) is 75.8 Å². The molecule has 344 valence electrons. The lowest BCUT2D eigenvalue weighted by atomic mass is 10.0. The first-order valence-electron chi connectivity index (χ1n) is 20.5. The third kappa shape index (κ3) is 7.91. The fraction of sp³-hybridized carbons (Fsp3) is 0.292. The zero-order valence-corrected chi connectivity index (χ0v) is 37.2. The van der Waals surface area contributed by atoms with E-state index in [0.717, 1.165) is 33.3 Å². The molecule has 2 unspecified atom stereocenters. The average Bonchev–Trinajstić information content (AvgIpc) is 4.05. The highest BCUT2D eigenvalue weighted by Crippen LogP contribution is 2.36. The van der Waals surface area contributed by atoms with E-state index < -0.39 is 11.6 Å². The Morgan fingerprint density at radius 3 is 1.30 bits per heavy atom. The van der Waals surface area contributed by atoms with Crippen LogP contribution in [0.3, 0.4) is 0 Å². The summed E-state index contributed by atoms with van der Waals surface area (Å²) in [6.07, 6.45) is 10.5. The number of halogens is 4. The van der Waals surface area contributed by atoms with Gasteiger partial charge in [0.1, 0.15) is 34.4 Å². The lowest BCUT2D eigenvalue weighted by molar-refractivity contribution is 0.0621. The zero-order valence-electron chi connectivity index (χ0n) is 35.7. The van der Waals surface area contributed by atoms with E-state index in [2.05, 4.69) is 9.97 Å². The maximum Gasteiger partial charge on any atom is 0.275 e. The van der Waals surface area contributed by atoms with Crippen molar-refractivity contribution in [2.45, 2.75) is 67.7 Å². The van der Waals surface area contributed by atoms with Gasteiger partial charge >= 0.3 is 0 Å². The van der Waals surface area contributed by atoms with E-state index >= 15 is 0 Å². The van der Waals surface area contributed by atoms with Crippen LogP contribution in [-0.4, -0.2) is 72.1 Å². The molecule has 0 saturated carbocycles. The minimum atomic E-state index is -0.481. The normalized spacial score (nSPS) is 14.3. The van der Waals surface area contributed by atoms with Crippen LogP contribution in [0.4, 0.5) is 8.78 Å². The summed E-state index contributed by atoms with van der Waals surface area (Å²) in [6.45, 7) is 9.09. The molecule has 0 radical (unpaired) electrons. The number of aryl methyl sites for hydroxylation is 4. The molecule has 2 aromatic carbocycles. The minimum Gasteiger partial charge on any atom is -0.350 e. The van der Waals surface area contributed by atoms with Crippen molar-refractivity contribution in [3.05, 3.63) is 162 Å². The molecule has 0 fully saturated rings. The standard InChI is InChI=1S/2C23H21ClFN5O2.2CH4/c2*1-13-10-28(12-26-13)19-4-5-20-23(32)29(6-7-30(20)22(19)31)14(2)16-11-27(3)21-9-18(25)17(24)8-15(16)21;;/h2*4-5,8-12,14H,6-7H2,1-3H3;2*1H4. The Kier molecular flexibility index (Phi) is 12.8. The summed E-state index contributed by atoms with van der Waals surface area (Å²) in [5, 5.41) is 1.68. The van der Waals surface area contributed by atoms with E-state index in [-0.39, 0.29) is 59.9 Å². The van der Waals surface area contributed by atoms with E-state index in [1.54, 1.807) is 80.4 Å². The molecule has 8 aromatic rings. The Morgan fingerprint density at radius 2 is 0.955 bits per heavy atom. The number of rotatable bonds is 6. The van der Waals surface area contributed by atoms with Gasteiger partial charge in [-0.25, -0.2) is 18.7 Å². The Hall–Kier alpha value is -6.78. The molecule has 8 heterocycles. The number of pyridine rings is 2. The first-order valence-corrected chi connectivity index (χ1v) is 21.3. The molecule has 0 bridgehead atoms. The highest BCUT2D eigenvalue weighted by Gasteiger charge is 2.33. The number of benzene rings is 2. The zero-order chi connectivity index (χ0) is 45.5. The third-order valence-electron chi connectivity index (χ3n) is 12.3. The number of aromatic nitrogens is 8. The average molecular weight is 940 g/mol. The van der Waals surface area contributed by atoms with Crippen LogP contribution in [0.25, 0.3) is 33.2 Å². The molecule has 2 atom stereocenters. The molecule has 0 aliphatic carbocycles. The number of amides is 2. The molecule has 18 heteroatoms. The Morgan fingerprint density at radius 1 is 0.576 bits per heavy atom. The molecule has 2 amide bonds. The summed E-state index contributed by atoms with van der Waals surface area (Å²) < 4.78 is 38.0. The van der Waals surface area contributed by atoms with Gasteiger partial charge in [0.2, 0.25) is 0 Å². The van der Waals surface area contributed by atoms with Crippen molar-refractivity contribution >= 4 is 56.8 Å². The fourth-order valence-corrected chi connectivity index (χ4v) is 9.25. The number of nitrogens with zero attached hydrogens (tertiary/aromatic N) is 10. The van der Waals surface area contributed by atoms with Gasteiger partial charge in [-0.15, -0.1) is 0 Å². The number of hydrogen-bond acceptors (Lipinski definition) is 6. The molecule has 2 aliphatic rings. The predicted molar refractivity (Wildman–Crippen MR) is 253 cm³/mol. The molecule has 14 nitrogen and oxygen atoms in total. The smallest absolute Gasteiger partial charge is 0.275 e. The van der Waals surface area contributed by atoms with Crippen LogP contribution in [0.15, 0.2) is 95.6 Å². The first-order chi connectivity index (χ1) is 30.5.